The minimum absolute atomic E-state index is 0.0954. The zero-order valence-electron chi connectivity index (χ0n) is 22.2. The van der Waals surface area contributed by atoms with E-state index in [-0.39, 0.29) is 18.3 Å². The van der Waals surface area contributed by atoms with E-state index in [1.807, 2.05) is 90.4 Å². The minimum atomic E-state index is -0.296. The number of aromatic nitrogens is 3. The smallest absolute Gasteiger partial charge is 0.285 e. The molecule has 208 valence electrons. The number of thioether (sulfide) groups is 1. The average molecular weight is 587 g/mol. The number of hydrazone groups is 1. The number of furan rings is 1. The van der Waals surface area contributed by atoms with Gasteiger partial charge in [0, 0.05) is 28.0 Å². The van der Waals surface area contributed by atoms with Crippen LogP contribution in [0.4, 0.5) is 5.69 Å². The lowest BCUT2D eigenvalue weighted by Crippen LogP contribution is -2.20. The third-order valence-electron chi connectivity index (χ3n) is 5.97. The van der Waals surface area contributed by atoms with Crippen LogP contribution in [0.25, 0.3) is 5.69 Å². The molecule has 5 aromatic rings. The summed E-state index contributed by atoms with van der Waals surface area (Å²) in [4.78, 5) is 12.5. The molecule has 41 heavy (non-hydrogen) atoms. The molecule has 1 amide bonds. The minimum Gasteiger partial charge on any atom is -0.460 e. The summed E-state index contributed by atoms with van der Waals surface area (Å²) in [5, 5.41) is 17.3. The summed E-state index contributed by atoms with van der Waals surface area (Å²) in [5.41, 5.74) is 6.34. The maximum Gasteiger partial charge on any atom is 0.285 e. The van der Waals surface area contributed by atoms with Crippen LogP contribution >= 0.6 is 23.4 Å². The molecule has 2 N–H and O–H groups in total. The number of aryl methyl sites for hydroxylation is 1. The molecule has 0 bridgehead atoms. The van der Waals surface area contributed by atoms with Crippen molar-refractivity contribution in [2.24, 2.45) is 5.10 Å². The summed E-state index contributed by atoms with van der Waals surface area (Å²) >= 11 is 7.53. The molecule has 0 aliphatic heterocycles. The molecule has 0 aliphatic carbocycles. The lowest BCUT2D eigenvalue weighted by molar-refractivity contribution is -0.118. The highest BCUT2D eigenvalue weighted by molar-refractivity contribution is 7.99. The number of hydrogen-bond acceptors (Lipinski definition) is 8. The van der Waals surface area contributed by atoms with Gasteiger partial charge in [-0.25, -0.2) is 5.43 Å². The van der Waals surface area contributed by atoms with Crippen molar-refractivity contribution >= 4 is 41.2 Å². The van der Waals surface area contributed by atoms with Crippen LogP contribution in [-0.2, 0) is 17.9 Å². The van der Waals surface area contributed by atoms with Gasteiger partial charge in [-0.05, 0) is 48.9 Å². The van der Waals surface area contributed by atoms with Crippen molar-refractivity contribution in [2.75, 3.05) is 11.1 Å². The van der Waals surface area contributed by atoms with Crippen LogP contribution < -0.4 is 15.5 Å². The molecule has 0 unspecified atom stereocenters. The van der Waals surface area contributed by atoms with Crippen molar-refractivity contribution in [3.63, 3.8) is 0 Å². The third-order valence-corrected chi connectivity index (χ3v) is 7.25. The molecule has 2 heterocycles. The quantitative estimate of drug-likeness (QED) is 0.101. The zero-order valence-corrected chi connectivity index (χ0v) is 23.7. The summed E-state index contributed by atoms with van der Waals surface area (Å²) in [6, 6.07) is 28.7. The maximum atomic E-state index is 12.5. The largest absolute Gasteiger partial charge is 0.460 e. The Morgan fingerprint density at radius 3 is 2.59 bits per heavy atom. The molecule has 3 aromatic carbocycles. The van der Waals surface area contributed by atoms with Crippen LogP contribution in [-0.4, -0.2) is 32.6 Å². The molecule has 0 atom stereocenters. The van der Waals surface area contributed by atoms with Crippen molar-refractivity contribution in [1.82, 2.24) is 20.2 Å². The summed E-state index contributed by atoms with van der Waals surface area (Å²) in [6.45, 7) is 2.72. The Kier molecular flexibility index (Phi) is 9.35. The van der Waals surface area contributed by atoms with Crippen molar-refractivity contribution in [3.05, 3.63) is 119 Å². The van der Waals surface area contributed by atoms with Gasteiger partial charge >= 0.3 is 0 Å². The highest BCUT2D eigenvalue weighted by atomic mass is 35.5. The number of amides is 1. The second-order valence-corrected chi connectivity index (χ2v) is 10.2. The van der Waals surface area contributed by atoms with E-state index < -0.39 is 0 Å². The topological polar surface area (TPSA) is 107 Å². The Morgan fingerprint density at radius 2 is 1.80 bits per heavy atom. The van der Waals surface area contributed by atoms with Gasteiger partial charge in [0.15, 0.2) is 16.7 Å². The Bertz CT molecular complexity index is 1600. The van der Waals surface area contributed by atoms with Gasteiger partial charge in [-0.2, -0.15) is 5.10 Å². The molecular weight excluding hydrogens is 560 g/mol. The van der Waals surface area contributed by atoms with Crippen LogP contribution in [0.5, 0.6) is 5.95 Å². The number of carbonyl (C=O) groups excluding carboxylic acids is 1. The van der Waals surface area contributed by atoms with Gasteiger partial charge in [-0.3, -0.25) is 9.36 Å². The van der Waals surface area contributed by atoms with E-state index in [0.29, 0.717) is 28.4 Å². The van der Waals surface area contributed by atoms with Gasteiger partial charge in [0.1, 0.15) is 6.61 Å². The monoisotopic (exact) mass is 586 g/mol. The standard InChI is InChI=1S/C30H27ClN6O3S/c1-21-9-8-14-26(31)25(21)19-39-29-16-15-24(40-29)17-33-35-28(38)20-41-30-36-34-27(18-32-22-10-4-2-5-11-22)37(30)23-12-6-3-7-13-23/h2-17,32H,18-20H2,1H3,(H,35,38)/b33-17+. The summed E-state index contributed by atoms with van der Waals surface area (Å²) in [7, 11) is 0. The van der Waals surface area contributed by atoms with Crippen molar-refractivity contribution in [3.8, 4) is 11.6 Å². The van der Waals surface area contributed by atoms with Gasteiger partial charge in [0.25, 0.3) is 11.9 Å². The molecule has 0 fully saturated rings. The number of ether oxygens (including phenoxy) is 1. The normalized spacial score (nSPS) is 11.1. The summed E-state index contributed by atoms with van der Waals surface area (Å²) in [6.07, 6.45) is 1.41. The van der Waals surface area contributed by atoms with Gasteiger partial charge < -0.3 is 14.5 Å². The summed E-state index contributed by atoms with van der Waals surface area (Å²) < 4.78 is 13.3. The van der Waals surface area contributed by atoms with Gasteiger partial charge in [0.2, 0.25) is 0 Å². The van der Waals surface area contributed by atoms with Gasteiger partial charge in [-0.1, -0.05) is 71.9 Å². The van der Waals surface area contributed by atoms with E-state index >= 15 is 0 Å². The van der Waals surface area contributed by atoms with Gasteiger partial charge in [0.05, 0.1) is 18.5 Å². The average Bonchev–Trinajstić information content (AvgIpc) is 3.62. The highest BCUT2D eigenvalue weighted by Gasteiger charge is 2.16. The van der Waals surface area contributed by atoms with Crippen LogP contribution in [0.3, 0.4) is 0 Å². The number of benzene rings is 3. The summed E-state index contributed by atoms with van der Waals surface area (Å²) in [5.74, 6) is 1.28. The van der Waals surface area contributed by atoms with Crippen LogP contribution in [0.1, 0.15) is 22.7 Å². The van der Waals surface area contributed by atoms with Crippen molar-refractivity contribution < 1.29 is 13.9 Å². The number of carbonyl (C=O) groups is 1. The Morgan fingerprint density at radius 1 is 1.02 bits per heavy atom. The lowest BCUT2D eigenvalue weighted by atomic mass is 10.1. The molecule has 9 nitrogen and oxygen atoms in total. The molecule has 0 aliphatic rings. The van der Waals surface area contributed by atoms with E-state index in [1.54, 1.807) is 12.1 Å². The van der Waals surface area contributed by atoms with Crippen LogP contribution in [0, 0.1) is 6.92 Å². The first kappa shape index (κ1) is 28.0. The number of hydrogen-bond donors (Lipinski definition) is 2. The molecule has 5 rings (SSSR count). The van der Waals surface area contributed by atoms with E-state index in [4.69, 9.17) is 20.8 Å². The predicted octanol–water partition coefficient (Wildman–Crippen LogP) is 6.26. The molecule has 2 aromatic heterocycles. The molecule has 11 heteroatoms. The second kappa shape index (κ2) is 13.7. The number of rotatable bonds is 12. The van der Waals surface area contributed by atoms with Crippen LogP contribution in [0.2, 0.25) is 5.02 Å². The first-order valence-corrected chi connectivity index (χ1v) is 14.1. The molecular formula is C30H27ClN6O3S. The number of nitrogens with zero attached hydrogens (tertiary/aromatic N) is 4. The fourth-order valence-corrected chi connectivity index (χ4v) is 4.93. The SMILES string of the molecule is Cc1cccc(Cl)c1COc1ccc(/C=N/NC(=O)CSc2nnc(CNc3ccccc3)n2-c2ccccc2)o1. The Labute approximate surface area is 246 Å². The van der Waals surface area contributed by atoms with Crippen LogP contribution in [0.15, 0.2) is 106 Å². The zero-order chi connectivity index (χ0) is 28.4. The van der Waals surface area contributed by atoms with E-state index in [0.717, 1.165) is 28.3 Å². The van der Waals surface area contributed by atoms with E-state index in [9.17, 15) is 4.79 Å². The van der Waals surface area contributed by atoms with E-state index in [1.165, 1.54) is 18.0 Å². The molecule has 0 saturated heterocycles. The molecule has 0 saturated carbocycles. The lowest BCUT2D eigenvalue weighted by Gasteiger charge is -2.11. The third kappa shape index (κ3) is 7.56. The van der Waals surface area contributed by atoms with E-state index in [2.05, 4.69) is 26.0 Å². The Hall–Kier alpha value is -4.54. The van der Waals surface area contributed by atoms with Crippen molar-refractivity contribution in [2.45, 2.75) is 25.2 Å². The Balaban J connectivity index is 1.15. The highest BCUT2D eigenvalue weighted by Crippen LogP contribution is 2.24. The second-order valence-electron chi connectivity index (χ2n) is 8.85. The fourth-order valence-electron chi connectivity index (χ4n) is 3.89. The molecule has 0 radical (unpaired) electrons. The number of para-hydroxylation sites is 2. The maximum absolute atomic E-state index is 12.5. The number of anilines is 1. The molecule has 0 spiro atoms. The first-order chi connectivity index (χ1) is 20.1. The fraction of sp³-hybridized carbons (Fsp3) is 0.133. The number of halogens is 1. The van der Waals surface area contributed by atoms with Crippen molar-refractivity contribution in [1.29, 1.82) is 0 Å². The predicted molar refractivity (Wildman–Crippen MR) is 161 cm³/mol. The first-order valence-electron chi connectivity index (χ1n) is 12.8. The number of nitrogens with one attached hydrogen (secondary N) is 2. The van der Waals surface area contributed by atoms with Gasteiger partial charge in [-0.15, -0.1) is 10.2 Å².